The van der Waals surface area contributed by atoms with Crippen LogP contribution in [0.25, 0.3) is 0 Å². The van der Waals surface area contributed by atoms with Crippen LogP contribution in [-0.4, -0.2) is 17.1 Å². The Morgan fingerprint density at radius 3 is 2.35 bits per heavy atom. The van der Waals surface area contributed by atoms with Gasteiger partial charge in [0, 0.05) is 24.8 Å². The molecule has 0 aliphatic heterocycles. The van der Waals surface area contributed by atoms with Crippen molar-refractivity contribution < 1.29 is 4.74 Å². The van der Waals surface area contributed by atoms with E-state index in [1.807, 2.05) is 6.07 Å². The molecule has 2 fully saturated rings. The average Bonchev–Trinajstić information content (AvgIpc) is 3.23. The summed E-state index contributed by atoms with van der Waals surface area (Å²) >= 11 is 0. The highest BCUT2D eigenvalue weighted by Gasteiger charge is 2.42. The Morgan fingerprint density at radius 2 is 1.80 bits per heavy atom. The van der Waals surface area contributed by atoms with Gasteiger partial charge in [-0.25, -0.2) is 9.97 Å². The number of ether oxygens (including phenoxy) is 1. The van der Waals surface area contributed by atoms with E-state index in [9.17, 15) is 0 Å². The minimum atomic E-state index is -0.339. The third kappa shape index (κ3) is 2.53. The van der Waals surface area contributed by atoms with Gasteiger partial charge < -0.3 is 10.5 Å². The average molecular weight is 275 g/mol. The van der Waals surface area contributed by atoms with E-state index in [1.54, 1.807) is 7.11 Å². The lowest BCUT2D eigenvalue weighted by Gasteiger charge is -2.41. The van der Waals surface area contributed by atoms with Crippen molar-refractivity contribution >= 4 is 5.82 Å². The van der Waals surface area contributed by atoms with Crippen LogP contribution in [0.4, 0.5) is 5.82 Å². The van der Waals surface area contributed by atoms with E-state index in [2.05, 4.69) is 18.8 Å². The number of nitrogens with two attached hydrogens (primary N) is 1. The van der Waals surface area contributed by atoms with Gasteiger partial charge in [-0.1, -0.05) is 13.8 Å². The largest absolute Gasteiger partial charge is 0.384 e. The molecule has 3 rings (SSSR count). The molecule has 0 spiro atoms. The molecule has 0 aromatic carbocycles. The highest BCUT2D eigenvalue weighted by molar-refractivity contribution is 5.34. The Labute approximate surface area is 121 Å². The van der Waals surface area contributed by atoms with Gasteiger partial charge in [0.2, 0.25) is 0 Å². The number of anilines is 1. The number of aromatic nitrogens is 2. The number of nitrogens with zero attached hydrogens (tertiary/aromatic N) is 2. The lowest BCUT2D eigenvalue weighted by molar-refractivity contribution is -0.0729. The Hall–Kier alpha value is -1.16. The second-order valence-corrected chi connectivity index (χ2v) is 7.18. The summed E-state index contributed by atoms with van der Waals surface area (Å²) in [5.41, 5.74) is 7.15. The van der Waals surface area contributed by atoms with Crippen molar-refractivity contribution in [3.05, 3.63) is 17.6 Å². The monoisotopic (exact) mass is 275 g/mol. The molecule has 0 unspecified atom stereocenters. The fourth-order valence-electron chi connectivity index (χ4n) is 3.13. The van der Waals surface area contributed by atoms with Crippen molar-refractivity contribution in [2.75, 3.05) is 12.8 Å². The van der Waals surface area contributed by atoms with E-state index >= 15 is 0 Å². The molecular formula is C16H25N3O. The Bertz CT molecular complexity index is 498. The fraction of sp³-hybridized carbons (Fsp3) is 0.750. The summed E-state index contributed by atoms with van der Waals surface area (Å²) in [5.74, 6) is 1.98. The quantitative estimate of drug-likeness (QED) is 0.918. The van der Waals surface area contributed by atoms with Crippen LogP contribution < -0.4 is 5.73 Å². The predicted octanol–water partition coefficient (Wildman–Crippen LogP) is 3.38. The van der Waals surface area contributed by atoms with Gasteiger partial charge in [0.25, 0.3) is 0 Å². The first-order chi connectivity index (χ1) is 9.44. The first-order valence-corrected chi connectivity index (χ1v) is 7.64. The summed E-state index contributed by atoms with van der Waals surface area (Å²) in [6, 6.07) is 1.93. The maximum atomic E-state index is 5.99. The number of hydrogen-bond acceptors (Lipinski definition) is 4. The van der Waals surface area contributed by atoms with Crippen LogP contribution in [0.15, 0.2) is 6.07 Å². The maximum Gasteiger partial charge on any atom is 0.162 e. The fourth-order valence-corrected chi connectivity index (χ4v) is 3.13. The van der Waals surface area contributed by atoms with Gasteiger partial charge >= 0.3 is 0 Å². The molecule has 1 aromatic heterocycles. The van der Waals surface area contributed by atoms with Gasteiger partial charge in [0.1, 0.15) is 11.4 Å². The number of nitrogen functional groups attached to an aromatic ring is 1. The van der Waals surface area contributed by atoms with Gasteiger partial charge in [-0.3, -0.25) is 0 Å². The molecular weight excluding hydrogens is 250 g/mol. The molecule has 0 amide bonds. The summed E-state index contributed by atoms with van der Waals surface area (Å²) in [7, 11) is 1.78. The van der Waals surface area contributed by atoms with Crippen molar-refractivity contribution in [3.63, 3.8) is 0 Å². The van der Waals surface area contributed by atoms with Crippen molar-refractivity contribution in [3.8, 4) is 0 Å². The van der Waals surface area contributed by atoms with Gasteiger partial charge in [-0.05, 0) is 43.9 Å². The molecule has 2 aliphatic carbocycles. The lowest BCUT2D eigenvalue weighted by atomic mass is 9.70. The van der Waals surface area contributed by atoms with Gasteiger partial charge in [0.05, 0.1) is 0 Å². The van der Waals surface area contributed by atoms with E-state index in [0.29, 0.717) is 17.2 Å². The summed E-state index contributed by atoms with van der Waals surface area (Å²) in [6.45, 7) is 4.64. The molecule has 4 heteroatoms. The van der Waals surface area contributed by atoms with Crippen LogP contribution in [-0.2, 0) is 10.3 Å². The highest BCUT2D eigenvalue weighted by Crippen LogP contribution is 2.47. The Balaban J connectivity index is 1.93. The van der Waals surface area contributed by atoms with Crippen LogP contribution in [0.5, 0.6) is 0 Å². The number of methoxy groups -OCH3 is 1. The van der Waals surface area contributed by atoms with Crippen molar-refractivity contribution in [1.29, 1.82) is 0 Å². The van der Waals surface area contributed by atoms with E-state index in [1.165, 1.54) is 12.8 Å². The first kappa shape index (κ1) is 13.8. The molecule has 2 saturated carbocycles. The van der Waals surface area contributed by atoms with Crippen LogP contribution >= 0.6 is 0 Å². The lowest BCUT2D eigenvalue weighted by Crippen LogP contribution is -2.38. The number of rotatable bonds is 3. The molecule has 1 aromatic rings. The van der Waals surface area contributed by atoms with Gasteiger partial charge in [0.15, 0.2) is 5.82 Å². The van der Waals surface area contributed by atoms with E-state index in [-0.39, 0.29) is 5.60 Å². The second-order valence-electron chi connectivity index (χ2n) is 7.18. The van der Waals surface area contributed by atoms with Crippen molar-refractivity contribution in [2.45, 2.75) is 63.9 Å². The minimum Gasteiger partial charge on any atom is -0.384 e. The molecule has 0 bridgehead atoms. The molecule has 2 aliphatic rings. The number of hydrogen-bond donors (Lipinski definition) is 1. The summed E-state index contributed by atoms with van der Waals surface area (Å²) in [4.78, 5) is 9.29. The molecule has 0 radical (unpaired) electrons. The minimum absolute atomic E-state index is 0.339. The van der Waals surface area contributed by atoms with E-state index in [0.717, 1.165) is 37.2 Å². The summed E-state index contributed by atoms with van der Waals surface area (Å²) in [5, 5.41) is 0. The van der Waals surface area contributed by atoms with Gasteiger partial charge in [-0.15, -0.1) is 0 Å². The van der Waals surface area contributed by atoms with Crippen LogP contribution in [0.2, 0.25) is 0 Å². The Morgan fingerprint density at radius 1 is 1.15 bits per heavy atom. The van der Waals surface area contributed by atoms with Crippen LogP contribution in [0, 0.1) is 5.41 Å². The molecule has 20 heavy (non-hydrogen) atoms. The van der Waals surface area contributed by atoms with Crippen LogP contribution in [0.3, 0.4) is 0 Å². The van der Waals surface area contributed by atoms with Gasteiger partial charge in [-0.2, -0.15) is 0 Å². The zero-order chi connectivity index (χ0) is 14.4. The Kier molecular flexibility index (Phi) is 3.24. The molecule has 4 nitrogen and oxygen atoms in total. The smallest absolute Gasteiger partial charge is 0.162 e. The van der Waals surface area contributed by atoms with E-state index < -0.39 is 0 Å². The summed E-state index contributed by atoms with van der Waals surface area (Å²) in [6.07, 6.45) is 6.68. The molecule has 110 valence electrons. The topological polar surface area (TPSA) is 61.0 Å². The van der Waals surface area contributed by atoms with Crippen LogP contribution in [0.1, 0.15) is 69.8 Å². The SMILES string of the molecule is COC1(c2nc(N)cc(C3CC3)n2)CCC(C)(C)CC1. The maximum absolute atomic E-state index is 5.99. The predicted molar refractivity (Wildman–Crippen MR) is 79.4 cm³/mol. The van der Waals surface area contributed by atoms with E-state index in [4.69, 9.17) is 15.5 Å². The second kappa shape index (κ2) is 4.69. The molecule has 0 saturated heterocycles. The highest BCUT2D eigenvalue weighted by atomic mass is 16.5. The summed E-state index contributed by atoms with van der Waals surface area (Å²) < 4.78 is 5.89. The van der Waals surface area contributed by atoms with Crippen molar-refractivity contribution in [1.82, 2.24) is 9.97 Å². The zero-order valence-corrected chi connectivity index (χ0v) is 12.8. The first-order valence-electron chi connectivity index (χ1n) is 7.64. The van der Waals surface area contributed by atoms with Crippen molar-refractivity contribution in [2.24, 2.45) is 5.41 Å². The standard InChI is InChI=1S/C16H25N3O/c1-15(2)6-8-16(20-3,9-7-15)14-18-12(11-4-5-11)10-13(17)19-14/h10-11H,4-9H2,1-3H3,(H2,17,18,19). The third-order valence-corrected chi connectivity index (χ3v) is 4.97. The molecule has 2 N–H and O–H groups in total. The normalized spacial score (nSPS) is 24.6. The third-order valence-electron chi connectivity index (χ3n) is 4.97. The molecule has 0 atom stereocenters. The zero-order valence-electron chi connectivity index (χ0n) is 12.8. The molecule has 1 heterocycles.